The molecule has 0 amide bonds. The minimum atomic E-state index is -1.27. The molecule has 33 heavy (non-hydrogen) atoms. The lowest BCUT2D eigenvalue weighted by atomic mass is 9.72. The van der Waals surface area contributed by atoms with Gasteiger partial charge in [0.2, 0.25) is 0 Å². The molecule has 3 fully saturated rings. The molecule has 1 heterocycles. The lowest BCUT2D eigenvalue weighted by molar-refractivity contribution is -0.199. The molecule has 0 bridgehead atoms. The average Bonchev–Trinajstić information content (AvgIpc) is 2.79. The van der Waals surface area contributed by atoms with Crippen molar-refractivity contribution in [1.29, 1.82) is 0 Å². The smallest absolute Gasteiger partial charge is 0.108 e. The monoisotopic (exact) mass is 476 g/mol. The summed E-state index contributed by atoms with van der Waals surface area (Å²) >= 11 is 0. The van der Waals surface area contributed by atoms with Crippen LogP contribution in [0.4, 0.5) is 0 Å². The van der Waals surface area contributed by atoms with Gasteiger partial charge in [-0.1, -0.05) is 6.92 Å². The maximum atomic E-state index is 11.0. The van der Waals surface area contributed by atoms with Crippen molar-refractivity contribution in [3.8, 4) is 0 Å². The molecule has 12 nitrogen and oxygen atoms in total. The summed E-state index contributed by atoms with van der Waals surface area (Å²) in [5, 5.41) is 42.6. The number of aliphatic hydroxyl groups excluding tert-OH is 4. The normalized spacial score (nSPS) is 53.7. The Morgan fingerprint density at radius 1 is 0.788 bits per heavy atom. The van der Waals surface area contributed by atoms with Crippen LogP contribution in [-0.4, -0.2) is 107 Å². The molecule has 0 unspecified atom stereocenters. The van der Waals surface area contributed by atoms with Crippen LogP contribution >= 0.6 is 0 Å². The lowest BCUT2D eigenvalue weighted by Crippen LogP contribution is -2.66. The number of hydrogen-bond donors (Lipinski definition) is 10. The van der Waals surface area contributed by atoms with E-state index in [-0.39, 0.29) is 24.8 Å². The molecular weight excluding hydrogens is 432 g/mol. The van der Waals surface area contributed by atoms with Gasteiger partial charge in [-0.3, -0.25) is 0 Å². The van der Waals surface area contributed by atoms with Crippen LogP contribution in [0.1, 0.15) is 26.2 Å². The summed E-state index contributed by atoms with van der Waals surface area (Å²) in [6.45, 7) is 2.38. The zero-order chi connectivity index (χ0) is 24.6. The molecule has 1 aliphatic heterocycles. The lowest BCUT2D eigenvalue weighted by Gasteiger charge is -2.49. The van der Waals surface area contributed by atoms with Gasteiger partial charge in [-0.05, 0) is 37.6 Å². The fourth-order valence-electron chi connectivity index (χ4n) is 5.81. The highest BCUT2D eigenvalue weighted by molar-refractivity contribution is 5.03. The first kappa shape index (κ1) is 27.1. The Labute approximate surface area is 194 Å². The highest BCUT2D eigenvalue weighted by atomic mass is 16.5. The summed E-state index contributed by atoms with van der Waals surface area (Å²) in [7, 11) is 0. The zero-order valence-corrected chi connectivity index (χ0v) is 19.3. The summed E-state index contributed by atoms with van der Waals surface area (Å²) in [4.78, 5) is 0. The van der Waals surface area contributed by atoms with Crippen LogP contribution in [0, 0.1) is 17.8 Å². The maximum Gasteiger partial charge on any atom is 0.108 e. The van der Waals surface area contributed by atoms with Gasteiger partial charge in [0.1, 0.15) is 12.2 Å². The Hall–Kier alpha value is -0.480. The Balaban J connectivity index is 1.80. The third-order valence-corrected chi connectivity index (χ3v) is 8.18. The second kappa shape index (κ2) is 11.1. The van der Waals surface area contributed by atoms with Gasteiger partial charge < -0.3 is 64.3 Å². The van der Waals surface area contributed by atoms with Crippen LogP contribution in [0.15, 0.2) is 0 Å². The molecule has 0 aromatic heterocycles. The molecule has 3 aliphatic rings. The van der Waals surface area contributed by atoms with Crippen molar-refractivity contribution in [1.82, 2.24) is 0 Å². The first-order valence-electron chi connectivity index (χ1n) is 12.0. The van der Waals surface area contributed by atoms with Crippen molar-refractivity contribution in [2.24, 2.45) is 52.2 Å². The average molecular weight is 477 g/mol. The second-order valence-electron chi connectivity index (χ2n) is 10.3. The molecule has 2 aliphatic carbocycles. The molecule has 12 heteroatoms. The van der Waals surface area contributed by atoms with Crippen LogP contribution in [0.5, 0.6) is 0 Å². The Kier molecular flexibility index (Phi) is 9.09. The van der Waals surface area contributed by atoms with Crippen molar-refractivity contribution in [2.45, 2.75) is 99.2 Å². The van der Waals surface area contributed by atoms with Crippen molar-refractivity contribution < 1.29 is 29.9 Å². The van der Waals surface area contributed by atoms with E-state index < -0.39 is 78.9 Å². The van der Waals surface area contributed by atoms with Crippen LogP contribution in [-0.2, 0) is 9.47 Å². The Bertz CT molecular complexity index is 632. The summed E-state index contributed by atoms with van der Waals surface area (Å²) in [5.41, 5.74) is 36.4. The standard InChI is InChI=1S/C21H44N6O6/c1-7-8(5-22)2-12(15(26)17(7)28)33-21-9(18(29)10(24)4-11(21)25)3-13-19(30)20(31)16(27)14(6-23)32-13/h7-21,28-31H,2-6,22-27H2,1H3/t7-,8-,9-,10-,11+,12+,13+,14-,15+,16-,17+,18-,19+,20+,21+/m1/s1. The SMILES string of the molecule is C[C@@H]1[C@@H](CN)C[C@H](O[C@H]2[C@H](C[C@@H]3O[C@H](CN)[C@@H](N)[C@H](O)[C@H]3O)[C@@H](O)[C@H](N)C[C@@H]2N)[C@H](N)[C@H]1O. The summed E-state index contributed by atoms with van der Waals surface area (Å²) in [5.74, 6) is -0.645. The van der Waals surface area contributed by atoms with Crippen molar-refractivity contribution in [3.05, 3.63) is 0 Å². The van der Waals surface area contributed by atoms with E-state index >= 15 is 0 Å². The molecule has 194 valence electrons. The van der Waals surface area contributed by atoms with Gasteiger partial charge in [-0.25, -0.2) is 0 Å². The topological polar surface area (TPSA) is 256 Å². The van der Waals surface area contributed by atoms with Gasteiger partial charge >= 0.3 is 0 Å². The van der Waals surface area contributed by atoms with Gasteiger partial charge in [0.25, 0.3) is 0 Å². The predicted octanol–water partition coefficient (Wildman–Crippen LogP) is -4.76. The van der Waals surface area contributed by atoms with Gasteiger partial charge in [0, 0.05) is 24.5 Å². The molecule has 0 aromatic carbocycles. The molecule has 15 atom stereocenters. The Morgan fingerprint density at radius 3 is 2.06 bits per heavy atom. The van der Waals surface area contributed by atoms with E-state index in [9.17, 15) is 20.4 Å². The van der Waals surface area contributed by atoms with Crippen molar-refractivity contribution >= 4 is 0 Å². The third-order valence-electron chi connectivity index (χ3n) is 8.18. The zero-order valence-electron chi connectivity index (χ0n) is 19.3. The quantitative estimate of drug-likeness (QED) is 0.173. The molecule has 0 aromatic rings. The molecule has 16 N–H and O–H groups in total. The van der Waals surface area contributed by atoms with Gasteiger partial charge in [-0.2, -0.15) is 0 Å². The van der Waals surface area contributed by atoms with Crippen LogP contribution in [0.2, 0.25) is 0 Å². The molecule has 3 rings (SSSR count). The molecule has 0 radical (unpaired) electrons. The number of hydrogen-bond acceptors (Lipinski definition) is 12. The first-order chi connectivity index (χ1) is 15.5. The van der Waals surface area contributed by atoms with Crippen molar-refractivity contribution in [2.75, 3.05) is 13.1 Å². The predicted molar refractivity (Wildman–Crippen MR) is 121 cm³/mol. The van der Waals surface area contributed by atoms with E-state index in [4.69, 9.17) is 43.9 Å². The van der Waals surface area contributed by atoms with Crippen LogP contribution in [0.25, 0.3) is 0 Å². The Morgan fingerprint density at radius 2 is 1.45 bits per heavy atom. The minimum Gasteiger partial charge on any atom is -0.391 e. The summed E-state index contributed by atoms with van der Waals surface area (Å²) < 4.78 is 12.3. The molecular formula is C21H44N6O6. The minimum absolute atomic E-state index is 0.0284. The maximum absolute atomic E-state index is 11.0. The van der Waals surface area contributed by atoms with Crippen molar-refractivity contribution in [3.63, 3.8) is 0 Å². The van der Waals surface area contributed by atoms with E-state index in [2.05, 4.69) is 0 Å². The van der Waals surface area contributed by atoms with Crippen LogP contribution < -0.4 is 34.4 Å². The fraction of sp³-hybridized carbons (Fsp3) is 1.00. The number of rotatable bonds is 6. The highest BCUT2D eigenvalue weighted by Crippen LogP contribution is 2.37. The van der Waals surface area contributed by atoms with E-state index in [0.29, 0.717) is 19.4 Å². The number of ether oxygens (including phenoxy) is 2. The fourth-order valence-corrected chi connectivity index (χ4v) is 5.81. The second-order valence-corrected chi connectivity index (χ2v) is 10.3. The molecule has 0 spiro atoms. The number of aliphatic hydroxyl groups is 4. The van der Waals surface area contributed by atoms with E-state index in [1.807, 2.05) is 6.92 Å². The highest BCUT2D eigenvalue weighted by Gasteiger charge is 2.50. The van der Waals surface area contributed by atoms with Gasteiger partial charge in [-0.15, -0.1) is 0 Å². The van der Waals surface area contributed by atoms with E-state index in [0.717, 1.165) is 0 Å². The first-order valence-corrected chi connectivity index (χ1v) is 12.0. The number of nitrogens with two attached hydrogens (primary N) is 6. The van der Waals surface area contributed by atoms with E-state index in [1.54, 1.807) is 0 Å². The summed E-state index contributed by atoms with van der Waals surface area (Å²) in [6, 6.07) is -2.57. The molecule has 2 saturated carbocycles. The van der Waals surface area contributed by atoms with E-state index in [1.165, 1.54) is 0 Å². The van der Waals surface area contributed by atoms with Crippen LogP contribution in [0.3, 0.4) is 0 Å². The van der Waals surface area contributed by atoms with Gasteiger partial charge in [0.05, 0.1) is 48.7 Å². The van der Waals surface area contributed by atoms with Gasteiger partial charge in [0.15, 0.2) is 0 Å². The third kappa shape index (κ3) is 5.37. The largest absolute Gasteiger partial charge is 0.391 e. The molecule has 1 saturated heterocycles. The summed E-state index contributed by atoms with van der Waals surface area (Å²) in [6.07, 6.45) is -5.93.